The average molecular weight is 366 g/mol. The summed E-state index contributed by atoms with van der Waals surface area (Å²) < 4.78 is 0.978. The van der Waals surface area contributed by atoms with Crippen molar-refractivity contribution in [3.05, 3.63) is 63.3 Å². The van der Waals surface area contributed by atoms with Crippen LogP contribution in [-0.4, -0.2) is 4.98 Å². The number of fused-ring (bicyclic) bond motifs is 1. The van der Waals surface area contributed by atoms with Crippen molar-refractivity contribution < 1.29 is 0 Å². The SMILES string of the molecule is Clc1ccc2cc(-c3ccccc3)nc(I)c2c1. The third-order valence-corrected chi connectivity index (χ3v) is 3.88. The normalized spacial score (nSPS) is 10.8. The van der Waals surface area contributed by atoms with Crippen LogP contribution in [0.25, 0.3) is 22.0 Å². The summed E-state index contributed by atoms with van der Waals surface area (Å²) in [5.74, 6) is 0. The van der Waals surface area contributed by atoms with Crippen molar-refractivity contribution in [1.82, 2.24) is 4.98 Å². The number of benzene rings is 2. The van der Waals surface area contributed by atoms with Gasteiger partial charge in [-0.1, -0.05) is 48.0 Å². The predicted molar refractivity (Wildman–Crippen MR) is 84.9 cm³/mol. The van der Waals surface area contributed by atoms with Crippen LogP contribution in [0.2, 0.25) is 5.02 Å². The highest BCUT2D eigenvalue weighted by Gasteiger charge is 2.06. The van der Waals surface area contributed by atoms with Crippen molar-refractivity contribution in [3.8, 4) is 11.3 Å². The number of hydrogen-bond donors (Lipinski definition) is 0. The van der Waals surface area contributed by atoms with E-state index in [4.69, 9.17) is 11.6 Å². The summed E-state index contributed by atoms with van der Waals surface area (Å²) >= 11 is 8.27. The Morgan fingerprint density at radius 3 is 2.50 bits per heavy atom. The van der Waals surface area contributed by atoms with E-state index in [0.29, 0.717) is 0 Å². The minimum absolute atomic E-state index is 0.745. The van der Waals surface area contributed by atoms with Gasteiger partial charge in [-0.25, -0.2) is 4.98 Å². The predicted octanol–water partition coefficient (Wildman–Crippen LogP) is 5.16. The Hall–Kier alpha value is -1.13. The van der Waals surface area contributed by atoms with Crippen molar-refractivity contribution in [2.45, 2.75) is 0 Å². The summed E-state index contributed by atoms with van der Waals surface area (Å²) in [4.78, 5) is 4.64. The summed E-state index contributed by atoms with van der Waals surface area (Å²) in [5, 5.41) is 3.01. The molecule has 18 heavy (non-hydrogen) atoms. The number of aromatic nitrogens is 1. The first-order valence-electron chi connectivity index (χ1n) is 5.55. The van der Waals surface area contributed by atoms with Gasteiger partial charge in [0.2, 0.25) is 0 Å². The number of pyridine rings is 1. The Bertz CT molecular complexity index is 710. The molecule has 1 nitrogen and oxygen atoms in total. The fraction of sp³-hybridized carbons (Fsp3) is 0. The number of halogens is 2. The van der Waals surface area contributed by atoms with Gasteiger partial charge in [0.25, 0.3) is 0 Å². The van der Waals surface area contributed by atoms with E-state index in [1.54, 1.807) is 0 Å². The second-order valence-corrected chi connectivity index (χ2v) is 5.49. The lowest BCUT2D eigenvalue weighted by molar-refractivity contribution is 1.31. The second-order valence-electron chi connectivity index (χ2n) is 4.03. The molecule has 88 valence electrons. The Kier molecular flexibility index (Phi) is 3.22. The van der Waals surface area contributed by atoms with E-state index in [2.05, 4.69) is 45.8 Å². The van der Waals surface area contributed by atoms with Gasteiger partial charge in [-0.05, 0) is 46.2 Å². The number of rotatable bonds is 1. The van der Waals surface area contributed by atoms with Crippen LogP contribution in [0.15, 0.2) is 54.6 Å². The fourth-order valence-electron chi connectivity index (χ4n) is 1.94. The molecule has 0 N–H and O–H groups in total. The van der Waals surface area contributed by atoms with E-state index in [9.17, 15) is 0 Å². The summed E-state index contributed by atoms with van der Waals surface area (Å²) in [5.41, 5.74) is 2.13. The van der Waals surface area contributed by atoms with Gasteiger partial charge in [0.15, 0.2) is 0 Å². The molecule has 3 rings (SSSR count). The number of hydrogen-bond acceptors (Lipinski definition) is 1. The quantitative estimate of drug-likeness (QED) is 0.429. The first-order valence-corrected chi connectivity index (χ1v) is 7.01. The molecule has 0 bridgehead atoms. The zero-order chi connectivity index (χ0) is 12.5. The lowest BCUT2D eigenvalue weighted by atomic mass is 10.1. The van der Waals surface area contributed by atoms with Crippen LogP contribution in [0.1, 0.15) is 0 Å². The maximum atomic E-state index is 6.02. The molecule has 2 aromatic carbocycles. The third-order valence-electron chi connectivity index (χ3n) is 2.82. The minimum Gasteiger partial charge on any atom is -0.241 e. The van der Waals surface area contributed by atoms with E-state index in [0.717, 1.165) is 30.8 Å². The fourth-order valence-corrected chi connectivity index (χ4v) is 2.83. The van der Waals surface area contributed by atoms with Crippen molar-refractivity contribution in [1.29, 1.82) is 0 Å². The van der Waals surface area contributed by atoms with E-state index in [1.165, 1.54) is 0 Å². The molecule has 1 heterocycles. The second kappa shape index (κ2) is 4.86. The van der Waals surface area contributed by atoms with Crippen molar-refractivity contribution >= 4 is 45.0 Å². The van der Waals surface area contributed by atoms with Crippen LogP contribution < -0.4 is 0 Å². The summed E-state index contributed by atoms with van der Waals surface area (Å²) in [6.45, 7) is 0. The Labute approximate surface area is 124 Å². The van der Waals surface area contributed by atoms with Gasteiger partial charge in [-0.3, -0.25) is 0 Å². The van der Waals surface area contributed by atoms with E-state index >= 15 is 0 Å². The highest BCUT2D eigenvalue weighted by Crippen LogP contribution is 2.27. The molecule has 1 aromatic heterocycles. The van der Waals surface area contributed by atoms with Gasteiger partial charge in [0, 0.05) is 16.0 Å². The maximum Gasteiger partial charge on any atom is 0.109 e. The topological polar surface area (TPSA) is 12.9 Å². The molecule has 0 atom stereocenters. The van der Waals surface area contributed by atoms with Crippen molar-refractivity contribution in [3.63, 3.8) is 0 Å². The molecule has 0 amide bonds. The van der Waals surface area contributed by atoms with E-state index < -0.39 is 0 Å². The van der Waals surface area contributed by atoms with E-state index in [1.807, 2.05) is 36.4 Å². The Morgan fingerprint density at radius 1 is 0.944 bits per heavy atom. The van der Waals surface area contributed by atoms with Gasteiger partial charge in [0.1, 0.15) is 3.70 Å². The zero-order valence-electron chi connectivity index (χ0n) is 9.40. The molecule has 3 heteroatoms. The molecule has 0 aliphatic rings. The Morgan fingerprint density at radius 2 is 1.72 bits per heavy atom. The van der Waals surface area contributed by atoms with Crippen LogP contribution in [0.3, 0.4) is 0 Å². The monoisotopic (exact) mass is 365 g/mol. The van der Waals surface area contributed by atoms with Crippen molar-refractivity contribution in [2.75, 3.05) is 0 Å². The van der Waals surface area contributed by atoms with Crippen molar-refractivity contribution in [2.24, 2.45) is 0 Å². The molecule has 0 saturated heterocycles. The van der Waals surface area contributed by atoms with Gasteiger partial charge in [0.05, 0.1) is 5.69 Å². The first-order chi connectivity index (χ1) is 8.74. The van der Waals surface area contributed by atoms with Gasteiger partial charge in [-0.15, -0.1) is 0 Å². The third kappa shape index (κ3) is 2.22. The Balaban J connectivity index is 2.25. The van der Waals surface area contributed by atoms with Crippen LogP contribution in [0, 0.1) is 3.70 Å². The molecular formula is C15H9ClIN. The smallest absolute Gasteiger partial charge is 0.109 e. The zero-order valence-corrected chi connectivity index (χ0v) is 12.3. The van der Waals surface area contributed by atoms with Crippen LogP contribution >= 0.6 is 34.2 Å². The molecule has 0 aliphatic heterocycles. The standard InChI is InChI=1S/C15H9ClIN/c16-12-7-6-11-8-14(10-4-2-1-3-5-10)18-15(17)13(11)9-12/h1-9H. The summed E-state index contributed by atoms with van der Waals surface area (Å²) in [6.07, 6.45) is 0. The molecule has 0 aliphatic carbocycles. The molecule has 0 saturated carbocycles. The minimum atomic E-state index is 0.745. The molecule has 0 radical (unpaired) electrons. The van der Waals surface area contributed by atoms with Crippen LogP contribution in [0.4, 0.5) is 0 Å². The number of nitrogens with zero attached hydrogens (tertiary/aromatic N) is 1. The first kappa shape index (κ1) is 11.9. The summed E-state index contributed by atoms with van der Waals surface area (Å²) in [6, 6.07) is 18.2. The van der Waals surface area contributed by atoms with E-state index in [-0.39, 0.29) is 0 Å². The molecular weight excluding hydrogens is 357 g/mol. The van der Waals surface area contributed by atoms with Gasteiger partial charge in [-0.2, -0.15) is 0 Å². The highest BCUT2D eigenvalue weighted by atomic mass is 127. The largest absolute Gasteiger partial charge is 0.241 e. The highest BCUT2D eigenvalue weighted by molar-refractivity contribution is 14.1. The van der Waals surface area contributed by atoms with Gasteiger partial charge < -0.3 is 0 Å². The molecule has 0 spiro atoms. The van der Waals surface area contributed by atoms with Crippen LogP contribution in [-0.2, 0) is 0 Å². The molecule has 0 unspecified atom stereocenters. The molecule has 0 fully saturated rings. The average Bonchev–Trinajstić information content (AvgIpc) is 2.40. The lowest BCUT2D eigenvalue weighted by Crippen LogP contribution is -1.89. The lowest BCUT2D eigenvalue weighted by Gasteiger charge is -2.06. The molecule has 3 aromatic rings. The maximum absolute atomic E-state index is 6.02. The van der Waals surface area contributed by atoms with Gasteiger partial charge >= 0.3 is 0 Å². The summed E-state index contributed by atoms with van der Waals surface area (Å²) in [7, 11) is 0. The van der Waals surface area contributed by atoms with Crippen LogP contribution in [0.5, 0.6) is 0 Å².